The fourth-order valence-electron chi connectivity index (χ4n) is 1.06. The molecule has 6 heteroatoms. The zero-order valence-corrected chi connectivity index (χ0v) is 11.1. The van der Waals surface area contributed by atoms with Crippen LogP contribution in [-0.4, -0.2) is 51.6 Å². The van der Waals surface area contributed by atoms with E-state index in [1.807, 2.05) is 6.92 Å². The van der Waals surface area contributed by atoms with Gasteiger partial charge >= 0.3 is 11.9 Å². The summed E-state index contributed by atoms with van der Waals surface area (Å²) in [5.74, 6) is -0.512. The third-order valence-corrected chi connectivity index (χ3v) is 1.85. The lowest BCUT2D eigenvalue weighted by molar-refractivity contribution is -0.146. The van der Waals surface area contributed by atoms with Crippen LogP contribution in [-0.2, 0) is 28.5 Å². The van der Waals surface area contributed by atoms with Gasteiger partial charge in [-0.2, -0.15) is 0 Å². The molecule has 0 spiro atoms. The maximum Gasteiger partial charge on any atom is 0.305 e. The van der Waals surface area contributed by atoms with Crippen molar-refractivity contribution in [3.8, 4) is 0 Å². The molecule has 0 unspecified atom stereocenters. The smallest absolute Gasteiger partial charge is 0.305 e. The van der Waals surface area contributed by atoms with Crippen molar-refractivity contribution in [3.63, 3.8) is 0 Å². The normalized spacial score (nSPS) is 10.1. The Morgan fingerprint density at radius 3 is 1.83 bits per heavy atom. The molecule has 0 aromatic carbocycles. The lowest BCUT2D eigenvalue weighted by Crippen LogP contribution is -2.14. The second-order valence-electron chi connectivity index (χ2n) is 3.54. The molecule has 0 amide bonds. The number of carbonyl (C=O) groups is 2. The van der Waals surface area contributed by atoms with Crippen LogP contribution in [0.15, 0.2) is 0 Å². The summed E-state index contributed by atoms with van der Waals surface area (Å²) in [4.78, 5) is 21.4. The van der Waals surface area contributed by atoms with Gasteiger partial charge in [-0.15, -0.1) is 0 Å². The average Bonchev–Trinajstić information content (AvgIpc) is 2.31. The molecule has 0 aliphatic heterocycles. The molecular weight excluding hydrogens is 240 g/mol. The molecular formula is C12H22O6. The van der Waals surface area contributed by atoms with Crippen LogP contribution in [0.2, 0.25) is 0 Å². The lowest BCUT2D eigenvalue weighted by atomic mass is 10.3. The molecule has 0 fully saturated rings. The quantitative estimate of drug-likeness (QED) is 0.407. The highest BCUT2D eigenvalue weighted by atomic mass is 16.6. The Bertz CT molecular complexity index is 229. The topological polar surface area (TPSA) is 71.1 Å². The summed E-state index contributed by atoms with van der Waals surface area (Å²) >= 11 is 0. The Hall–Kier alpha value is -1.14. The molecule has 0 aliphatic carbocycles. The number of rotatable bonds is 11. The van der Waals surface area contributed by atoms with Crippen molar-refractivity contribution in [2.24, 2.45) is 0 Å². The van der Waals surface area contributed by atoms with Crippen LogP contribution < -0.4 is 0 Å². The van der Waals surface area contributed by atoms with Gasteiger partial charge in [-0.05, 0) is 6.42 Å². The molecule has 0 atom stereocenters. The summed E-state index contributed by atoms with van der Waals surface area (Å²) in [5, 5.41) is 0. The molecule has 0 aromatic heterocycles. The molecule has 0 aliphatic rings. The van der Waals surface area contributed by atoms with Gasteiger partial charge in [-0.3, -0.25) is 9.59 Å². The summed E-state index contributed by atoms with van der Waals surface area (Å²) in [5.41, 5.74) is 0. The first-order valence-electron chi connectivity index (χ1n) is 6.11. The maximum absolute atomic E-state index is 11.0. The molecule has 0 saturated heterocycles. The van der Waals surface area contributed by atoms with E-state index in [2.05, 4.69) is 4.74 Å². The van der Waals surface area contributed by atoms with Crippen molar-refractivity contribution in [3.05, 3.63) is 0 Å². The minimum Gasteiger partial charge on any atom is -0.463 e. The first kappa shape index (κ1) is 16.9. The van der Waals surface area contributed by atoms with E-state index in [-0.39, 0.29) is 25.2 Å². The van der Waals surface area contributed by atoms with E-state index in [1.165, 1.54) is 6.92 Å². The van der Waals surface area contributed by atoms with Crippen molar-refractivity contribution in [2.75, 3.05) is 39.6 Å². The van der Waals surface area contributed by atoms with Gasteiger partial charge < -0.3 is 18.9 Å². The molecule has 106 valence electrons. The van der Waals surface area contributed by atoms with E-state index >= 15 is 0 Å². The van der Waals surface area contributed by atoms with Crippen molar-refractivity contribution >= 4 is 11.9 Å². The van der Waals surface area contributed by atoms with Crippen LogP contribution in [0.1, 0.15) is 26.7 Å². The van der Waals surface area contributed by atoms with Crippen molar-refractivity contribution in [2.45, 2.75) is 26.7 Å². The summed E-state index contributed by atoms with van der Waals surface area (Å²) in [6, 6.07) is 0. The van der Waals surface area contributed by atoms with Crippen LogP contribution in [0, 0.1) is 0 Å². The second kappa shape index (κ2) is 12.3. The lowest BCUT2D eigenvalue weighted by Gasteiger charge is -2.06. The average molecular weight is 262 g/mol. The molecule has 6 nitrogen and oxygen atoms in total. The number of hydrogen-bond donors (Lipinski definition) is 0. The highest BCUT2D eigenvalue weighted by Gasteiger charge is 1.99. The zero-order valence-electron chi connectivity index (χ0n) is 11.1. The third kappa shape index (κ3) is 12.9. The number of esters is 2. The van der Waals surface area contributed by atoms with Crippen LogP contribution in [0.4, 0.5) is 0 Å². The number of hydrogen-bond acceptors (Lipinski definition) is 6. The molecule has 0 aromatic rings. The minimum absolute atomic E-state index is 0.196. The molecule has 18 heavy (non-hydrogen) atoms. The van der Waals surface area contributed by atoms with E-state index in [0.717, 1.165) is 6.42 Å². The summed E-state index contributed by atoms with van der Waals surface area (Å²) in [6.45, 7) is 5.36. The Morgan fingerprint density at radius 2 is 1.33 bits per heavy atom. The van der Waals surface area contributed by atoms with Crippen LogP contribution in [0.25, 0.3) is 0 Å². The zero-order chi connectivity index (χ0) is 13.6. The second-order valence-corrected chi connectivity index (χ2v) is 3.54. The Balaban J connectivity index is 3.07. The molecule has 0 N–H and O–H groups in total. The highest BCUT2D eigenvalue weighted by Crippen LogP contribution is 1.91. The van der Waals surface area contributed by atoms with E-state index in [4.69, 9.17) is 14.2 Å². The van der Waals surface area contributed by atoms with Crippen molar-refractivity contribution < 1.29 is 28.5 Å². The standard InChI is InChI=1S/C12H22O6/c1-3-4-12(14)18-10-8-16-6-5-15-7-9-17-11(2)13/h3-10H2,1-2H3. The third-order valence-electron chi connectivity index (χ3n) is 1.85. The van der Waals surface area contributed by atoms with Gasteiger partial charge in [0.1, 0.15) is 13.2 Å². The first-order valence-corrected chi connectivity index (χ1v) is 6.11. The van der Waals surface area contributed by atoms with E-state index < -0.39 is 0 Å². The van der Waals surface area contributed by atoms with E-state index in [9.17, 15) is 9.59 Å². The fraction of sp³-hybridized carbons (Fsp3) is 0.833. The summed E-state index contributed by atoms with van der Waals surface area (Å²) in [7, 11) is 0. The Labute approximate surface area is 108 Å². The van der Waals surface area contributed by atoms with E-state index in [0.29, 0.717) is 32.8 Å². The highest BCUT2D eigenvalue weighted by molar-refractivity contribution is 5.69. The largest absolute Gasteiger partial charge is 0.463 e. The van der Waals surface area contributed by atoms with Crippen LogP contribution in [0.3, 0.4) is 0 Å². The van der Waals surface area contributed by atoms with Gasteiger partial charge in [-0.25, -0.2) is 0 Å². The Morgan fingerprint density at radius 1 is 0.833 bits per heavy atom. The minimum atomic E-state index is -0.316. The molecule has 0 bridgehead atoms. The van der Waals surface area contributed by atoms with Gasteiger partial charge in [0.15, 0.2) is 0 Å². The first-order chi connectivity index (χ1) is 8.66. The van der Waals surface area contributed by atoms with E-state index in [1.54, 1.807) is 0 Å². The predicted molar refractivity (Wildman–Crippen MR) is 64.1 cm³/mol. The predicted octanol–water partition coefficient (Wildman–Crippen LogP) is 0.926. The van der Waals surface area contributed by atoms with Gasteiger partial charge in [0.25, 0.3) is 0 Å². The maximum atomic E-state index is 11.0. The summed E-state index contributed by atoms with van der Waals surface area (Å²) < 4.78 is 19.9. The Kier molecular flexibility index (Phi) is 11.5. The number of carbonyl (C=O) groups excluding carboxylic acids is 2. The molecule has 0 radical (unpaired) electrons. The fourth-order valence-corrected chi connectivity index (χ4v) is 1.06. The van der Waals surface area contributed by atoms with Gasteiger partial charge in [0.05, 0.1) is 26.4 Å². The monoisotopic (exact) mass is 262 g/mol. The van der Waals surface area contributed by atoms with Gasteiger partial charge in [0.2, 0.25) is 0 Å². The molecule has 0 heterocycles. The SMILES string of the molecule is CCCC(=O)OCCOCCOCCOC(C)=O. The van der Waals surface area contributed by atoms with Crippen molar-refractivity contribution in [1.82, 2.24) is 0 Å². The van der Waals surface area contributed by atoms with Gasteiger partial charge in [0, 0.05) is 13.3 Å². The van der Waals surface area contributed by atoms with Crippen molar-refractivity contribution in [1.29, 1.82) is 0 Å². The van der Waals surface area contributed by atoms with Gasteiger partial charge in [-0.1, -0.05) is 6.92 Å². The summed E-state index contributed by atoms with van der Waals surface area (Å²) in [6.07, 6.45) is 1.23. The van der Waals surface area contributed by atoms with Crippen LogP contribution in [0.5, 0.6) is 0 Å². The number of ether oxygens (including phenoxy) is 4. The molecule has 0 saturated carbocycles. The van der Waals surface area contributed by atoms with Crippen LogP contribution >= 0.6 is 0 Å². The molecule has 0 rings (SSSR count).